The van der Waals surface area contributed by atoms with Gasteiger partial charge in [-0.2, -0.15) is 15.4 Å². The third kappa shape index (κ3) is 2.86. The minimum absolute atomic E-state index is 0.0897. The van der Waals surface area contributed by atoms with Crippen LogP contribution in [0.5, 0.6) is 0 Å². The van der Waals surface area contributed by atoms with Crippen molar-refractivity contribution in [2.24, 2.45) is 0 Å². The highest BCUT2D eigenvalue weighted by Gasteiger charge is 2.39. The number of amides is 1. The van der Waals surface area contributed by atoms with E-state index < -0.39 is 5.60 Å². The number of aromatic amines is 1. The first-order chi connectivity index (χ1) is 10.6. The second kappa shape index (κ2) is 5.86. The first-order valence-electron chi connectivity index (χ1n) is 7.23. The molecule has 0 aliphatic carbocycles. The molecule has 7 heteroatoms. The third-order valence-electron chi connectivity index (χ3n) is 4.07. The van der Waals surface area contributed by atoms with E-state index in [1.807, 2.05) is 24.3 Å². The molecule has 1 saturated heterocycles. The van der Waals surface area contributed by atoms with Crippen molar-refractivity contribution in [1.82, 2.24) is 25.6 Å². The maximum absolute atomic E-state index is 11.5. The van der Waals surface area contributed by atoms with Crippen molar-refractivity contribution in [2.75, 3.05) is 20.1 Å². The van der Waals surface area contributed by atoms with E-state index in [1.54, 1.807) is 13.2 Å². The SMILES string of the molecule is CNC(=O)c1ccc(CN2CCC(O)(c3cn[nH]n3)C2)cc1. The summed E-state index contributed by atoms with van der Waals surface area (Å²) in [5.41, 5.74) is 1.41. The second-order valence-corrected chi connectivity index (χ2v) is 5.62. The third-order valence-corrected chi connectivity index (χ3v) is 4.07. The van der Waals surface area contributed by atoms with Gasteiger partial charge < -0.3 is 10.4 Å². The number of likely N-dealkylation sites (tertiary alicyclic amines) is 1. The average Bonchev–Trinajstić information content (AvgIpc) is 3.18. The van der Waals surface area contributed by atoms with Crippen LogP contribution in [0.1, 0.15) is 28.0 Å². The zero-order valence-electron chi connectivity index (χ0n) is 12.4. The van der Waals surface area contributed by atoms with Crippen LogP contribution in [0.3, 0.4) is 0 Å². The van der Waals surface area contributed by atoms with Crippen molar-refractivity contribution in [3.05, 3.63) is 47.3 Å². The number of nitrogens with zero attached hydrogens (tertiary/aromatic N) is 3. The van der Waals surface area contributed by atoms with Gasteiger partial charge >= 0.3 is 0 Å². The number of carbonyl (C=O) groups is 1. The summed E-state index contributed by atoms with van der Waals surface area (Å²) in [4.78, 5) is 13.7. The fraction of sp³-hybridized carbons (Fsp3) is 0.400. The second-order valence-electron chi connectivity index (χ2n) is 5.62. The number of β-amino-alcohol motifs (C(OH)–C–C–N with tert-alkyl or cyclic N) is 1. The summed E-state index contributed by atoms with van der Waals surface area (Å²) in [6.07, 6.45) is 2.21. The molecule has 1 unspecified atom stereocenters. The lowest BCUT2D eigenvalue weighted by atomic mass is 10.00. The largest absolute Gasteiger partial charge is 0.382 e. The predicted molar refractivity (Wildman–Crippen MR) is 80.0 cm³/mol. The summed E-state index contributed by atoms with van der Waals surface area (Å²) < 4.78 is 0. The van der Waals surface area contributed by atoms with E-state index in [-0.39, 0.29) is 5.91 Å². The Morgan fingerprint density at radius 1 is 1.45 bits per heavy atom. The standard InChI is InChI=1S/C15H19N5O2/c1-16-14(21)12-4-2-11(3-5-12)9-20-7-6-15(22,10-20)13-8-17-19-18-13/h2-5,8,22H,6-7,9-10H2,1H3,(H,16,21)(H,17,18,19). The molecule has 1 aromatic heterocycles. The van der Waals surface area contributed by atoms with Gasteiger partial charge in [0.2, 0.25) is 0 Å². The number of rotatable bonds is 4. The number of H-pyrrole nitrogens is 1. The Kier molecular flexibility index (Phi) is 3.91. The highest BCUT2D eigenvalue weighted by atomic mass is 16.3. The number of nitrogens with one attached hydrogen (secondary N) is 2. The van der Waals surface area contributed by atoms with Crippen LogP contribution in [-0.4, -0.2) is 51.5 Å². The van der Waals surface area contributed by atoms with Crippen molar-refractivity contribution >= 4 is 5.91 Å². The summed E-state index contributed by atoms with van der Waals surface area (Å²) in [6.45, 7) is 2.05. The Labute approximate surface area is 128 Å². The fourth-order valence-electron chi connectivity index (χ4n) is 2.81. The van der Waals surface area contributed by atoms with Crippen LogP contribution < -0.4 is 5.32 Å². The lowest BCUT2D eigenvalue weighted by molar-refractivity contribution is 0.0409. The molecule has 22 heavy (non-hydrogen) atoms. The molecule has 0 radical (unpaired) electrons. The van der Waals surface area contributed by atoms with Crippen LogP contribution in [0.25, 0.3) is 0 Å². The summed E-state index contributed by atoms with van der Waals surface area (Å²) >= 11 is 0. The van der Waals surface area contributed by atoms with E-state index in [9.17, 15) is 9.90 Å². The lowest BCUT2D eigenvalue weighted by Crippen LogP contribution is -2.31. The molecule has 0 saturated carbocycles. The number of hydrogen-bond acceptors (Lipinski definition) is 5. The molecule has 7 nitrogen and oxygen atoms in total. The molecule has 1 fully saturated rings. The van der Waals surface area contributed by atoms with Crippen LogP contribution in [0.4, 0.5) is 0 Å². The van der Waals surface area contributed by atoms with Crippen molar-refractivity contribution in [1.29, 1.82) is 0 Å². The van der Waals surface area contributed by atoms with Gasteiger partial charge in [-0.25, -0.2) is 0 Å². The summed E-state index contributed by atoms with van der Waals surface area (Å²) in [7, 11) is 1.62. The molecule has 2 heterocycles. The van der Waals surface area contributed by atoms with Gasteiger partial charge in [0.05, 0.1) is 6.20 Å². The molecule has 1 atom stereocenters. The topological polar surface area (TPSA) is 94.1 Å². The molecule has 2 aromatic rings. The highest BCUT2D eigenvalue weighted by molar-refractivity contribution is 5.93. The molecule has 116 valence electrons. The lowest BCUT2D eigenvalue weighted by Gasteiger charge is -2.21. The Hall–Kier alpha value is -2.25. The number of aromatic nitrogens is 3. The van der Waals surface area contributed by atoms with Crippen LogP contribution in [0, 0.1) is 0 Å². The summed E-state index contributed by atoms with van der Waals surface area (Å²) in [5.74, 6) is -0.0897. The Morgan fingerprint density at radius 3 is 2.86 bits per heavy atom. The van der Waals surface area contributed by atoms with Gasteiger partial charge in [-0.1, -0.05) is 12.1 Å². The zero-order chi connectivity index (χ0) is 15.6. The minimum atomic E-state index is -0.935. The van der Waals surface area contributed by atoms with Crippen LogP contribution in [0.15, 0.2) is 30.5 Å². The Balaban J connectivity index is 1.64. The van der Waals surface area contributed by atoms with Crippen molar-refractivity contribution < 1.29 is 9.90 Å². The van der Waals surface area contributed by atoms with Gasteiger partial charge in [-0.15, -0.1) is 0 Å². The minimum Gasteiger partial charge on any atom is -0.382 e. The molecular formula is C15H19N5O2. The number of benzene rings is 1. The molecule has 1 aliphatic rings. The molecule has 0 spiro atoms. The molecule has 1 amide bonds. The smallest absolute Gasteiger partial charge is 0.251 e. The quantitative estimate of drug-likeness (QED) is 0.753. The Bertz CT molecular complexity index is 640. The van der Waals surface area contributed by atoms with Crippen LogP contribution >= 0.6 is 0 Å². The van der Waals surface area contributed by atoms with Crippen LogP contribution in [-0.2, 0) is 12.1 Å². The summed E-state index contributed by atoms with van der Waals surface area (Å²) in [6, 6.07) is 7.51. The van der Waals surface area contributed by atoms with Gasteiger partial charge in [0.1, 0.15) is 11.3 Å². The van der Waals surface area contributed by atoms with E-state index in [0.717, 1.165) is 18.7 Å². The van der Waals surface area contributed by atoms with E-state index in [4.69, 9.17) is 0 Å². The van der Waals surface area contributed by atoms with Crippen molar-refractivity contribution in [3.8, 4) is 0 Å². The van der Waals surface area contributed by atoms with Crippen molar-refractivity contribution in [3.63, 3.8) is 0 Å². The molecule has 0 bridgehead atoms. The predicted octanol–water partition coefficient (Wildman–Crippen LogP) is 0.258. The first kappa shape index (κ1) is 14.7. The van der Waals surface area contributed by atoms with Gasteiger partial charge in [-0.05, 0) is 24.1 Å². The average molecular weight is 301 g/mol. The van der Waals surface area contributed by atoms with Crippen molar-refractivity contribution in [2.45, 2.75) is 18.6 Å². The normalized spacial score (nSPS) is 21.9. The fourth-order valence-corrected chi connectivity index (χ4v) is 2.81. The van der Waals surface area contributed by atoms with Gasteiger partial charge in [-0.3, -0.25) is 9.69 Å². The summed E-state index contributed by atoms with van der Waals surface area (Å²) in [5, 5.41) is 23.5. The van der Waals surface area contributed by atoms with Crippen LogP contribution in [0.2, 0.25) is 0 Å². The van der Waals surface area contributed by atoms with E-state index in [0.29, 0.717) is 24.2 Å². The molecule has 3 rings (SSSR count). The number of hydrogen-bond donors (Lipinski definition) is 3. The number of aliphatic hydroxyl groups is 1. The highest BCUT2D eigenvalue weighted by Crippen LogP contribution is 2.30. The Morgan fingerprint density at radius 2 is 2.23 bits per heavy atom. The zero-order valence-corrected chi connectivity index (χ0v) is 12.4. The first-order valence-corrected chi connectivity index (χ1v) is 7.23. The monoisotopic (exact) mass is 301 g/mol. The molecule has 3 N–H and O–H groups in total. The van der Waals surface area contributed by atoms with E-state index in [1.165, 1.54) is 0 Å². The van der Waals surface area contributed by atoms with Gasteiger partial charge in [0.15, 0.2) is 0 Å². The van der Waals surface area contributed by atoms with Gasteiger partial charge in [0.25, 0.3) is 5.91 Å². The maximum Gasteiger partial charge on any atom is 0.251 e. The molecular weight excluding hydrogens is 282 g/mol. The molecule has 1 aromatic carbocycles. The van der Waals surface area contributed by atoms with E-state index in [2.05, 4.69) is 25.6 Å². The maximum atomic E-state index is 11.5. The molecule has 1 aliphatic heterocycles. The number of carbonyl (C=O) groups excluding carboxylic acids is 1. The van der Waals surface area contributed by atoms with Gasteiger partial charge in [0, 0.05) is 32.2 Å². The van der Waals surface area contributed by atoms with E-state index >= 15 is 0 Å².